The Kier molecular flexibility index (Phi) is 8.38. The molecule has 2 aromatic carbocycles. The van der Waals surface area contributed by atoms with Crippen molar-refractivity contribution in [1.82, 2.24) is 9.71 Å². The predicted octanol–water partition coefficient (Wildman–Crippen LogP) is 3.88. The zero-order valence-electron chi connectivity index (χ0n) is 17.7. The van der Waals surface area contributed by atoms with Crippen LogP contribution in [0.2, 0.25) is 5.02 Å². The average molecular weight is 494 g/mol. The smallest absolute Gasteiger partial charge is 0.240 e. The Labute approximate surface area is 196 Å². The predicted molar refractivity (Wildman–Crippen MR) is 127 cm³/mol. The summed E-state index contributed by atoms with van der Waals surface area (Å²) in [5.41, 5.74) is 2.25. The number of nitrogens with zero attached hydrogens (tertiary/aromatic N) is 1. The van der Waals surface area contributed by atoms with E-state index >= 15 is 0 Å². The molecular weight excluding hydrogens is 470 g/mol. The van der Waals surface area contributed by atoms with E-state index in [0.717, 1.165) is 10.6 Å². The highest BCUT2D eigenvalue weighted by molar-refractivity contribution is 7.89. The summed E-state index contributed by atoms with van der Waals surface area (Å²) in [5.74, 6) is -0.230. The molecule has 0 saturated carbocycles. The number of amides is 1. The van der Waals surface area contributed by atoms with E-state index in [1.807, 2.05) is 29.6 Å². The van der Waals surface area contributed by atoms with Gasteiger partial charge >= 0.3 is 0 Å². The number of rotatable bonds is 10. The number of sulfonamides is 1. The third kappa shape index (κ3) is 7.11. The van der Waals surface area contributed by atoms with Crippen molar-refractivity contribution in [1.29, 1.82) is 0 Å². The van der Waals surface area contributed by atoms with E-state index in [9.17, 15) is 13.2 Å². The Balaban J connectivity index is 1.56. The molecule has 0 aliphatic carbocycles. The molecule has 3 rings (SSSR count). The number of methoxy groups -OCH3 is 1. The molecule has 10 heteroatoms. The molecule has 1 aromatic heterocycles. The number of anilines is 1. The third-order valence-corrected chi connectivity index (χ3v) is 7.14. The molecule has 7 nitrogen and oxygen atoms in total. The van der Waals surface area contributed by atoms with Gasteiger partial charge in [0.05, 0.1) is 28.6 Å². The van der Waals surface area contributed by atoms with E-state index < -0.39 is 10.0 Å². The Morgan fingerprint density at radius 3 is 2.66 bits per heavy atom. The maximum absolute atomic E-state index is 12.4. The topological polar surface area (TPSA) is 97.4 Å². The van der Waals surface area contributed by atoms with Gasteiger partial charge in [0, 0.05) is 35.7 Å². The molecule has 0 bridgehead atoms. The van der Waals surface area contributed by atoms with E-state index in [4.69, 9.17) is 16.3 Å². The van der Waals surface area contributed by atoms with Crippen LogP contribution in [0.25, 0.3) is 0 Å². The van der Waals surface area contributed by atoms with Gasteiger partial charge in [0.1, 0.15) is 0 Å². The summed E-state index contributed by atoms with van der Waals surface area (Å²) in [7, 11) is -2.15. The number of halogens is 1. The van der Waals surface area contributed by atoms with Crippen LogP contribution in [0.4, 0.5) is 5.69 Å². The first-order valence-electron chi connectivity index (χ1n) is 9.84. The molecule has 1 atom stereocenters. The van der Waals surface area contributed by atoms with E-state index in [-0.39, 0.29) is 29.9 Å². The highest BCUT2D eigenvalue weighted by Gasteiger charge is 2.17. The van der Waals surface area contributed by atoms with Crippen molar-refractivity contribution in [2.45, 2.75) is 30.7 Å². The van der Waals surface area contributed by atoms with Gasteiger partial charge in [0.15, 0.2) is 0 Å². The van der Waals surface area contributed by atoms with Gasteiger partial charge in [-0.05, 0) is 48.9 Å². The van der Waals surface area contributed by atoms with Crippen LogP contribution in [0.1, 0.15) is 23.2 Å². The fourth-order valence-electron chi connectivity index (χ4n) is 3.04. The number of carbonyl (C=O) groups excluding carboxylic acids is 1. The number of benzene rings is 2. The van der Waals surface area contributed by atoms with Gasteiger partial charge in [-0.1, -0.05) is 23.7 Å². The number of nitrogens with one attached hydrogen (secondary N) is 2. The minimum absolute atomic E-state index is 0.114. The van der Waals surface area contributed by atoms with Crippen LogP contribution >= 0.6 is 22.9 Å². The summed E-state index contributed by atoms with van der Waals surface area (Å²) >= 11 is 7.51. The lowest BCUT2D eigenvalue weighted by atomic mass is 10.2. The molecule has 0 fully saturated rings. The van der Waals surface area contributed by atoms with Crippen molar-refractivity contribution in [2.24, 2.45) is 0 Å². The SMILES string of the molecule is COCC(C)NS(=O)(=O)c1ccc(NC(=O)Cc2csc(Cc3cccc(Cl)c3)n2)cc1. The quantitative estimate of drug-likeness (QED) is 0.446. The fourth-order valence-corrected chi connectivity index (χ4v) is 5.31. The first-order chi connectivity index (χ1) is 15.2. The van der Waals surface area contributed by atoms with Crippen LogP contribution in [0.5, 0.6) is 0 Å². The monoisotopic (exact) mass is 493 g/mol. The van der Waals surface area contributed by atoms with Crippen LogP contribution in [0, 0.1) is 0 Å². The summed E-state index contributed by atoms with van der Waals surface area (Å²) in [6.07, 6.45) is 0.780. The molecule has 0 spiro atoms. The van der Waals surface area contributed by atoms with Gasteiger partial charge in [-0.3, -0.25) is 4.79 Å². The zero-order chi connectivity index (χ0) is 23.1. The normalized spacial score (nSPS) is 12.5. The largest absolute Gasteiger partial charge is 0.383 e. The molecule has 2 N–H and O–H groups in total. The molecule has 0 aliphatic rings. The van der Waals surface area contributed by atoms with Gasteiger partial charge < -0.3 is 10.1 Å². The molecule has 0 saturated heterocycles. The number of hydrogen-bond donors (Lipinski definition) is 2. The molecule has 32 heavy (non-hydrogen) atoms. The second-order valence-electron chi connectivity index (χ2n) is 7.27. The van der Waals surface area contributed by atoms with Crippen LogP contribution < -0.4 is 10.0 Å². The molecule has 1 unspecified atom stereocenters. The maximum Gasteiger partial charge on any atom is 0.240 e. The van der Waals surface area contributed by atoms with Crippen molar-refractivity contribution >= 4 is 44.6 Å². The summed E-state index contributed by atoms with van der Waals surface area (Å²) < 4.78 is 32.2. The molecule has 3 aromatic rings. The van der Waals surface area contributed by atoms with Gasteiger partial charge in [0.2, 0.25) is 15.9 Å². The number of hydrogen-bond acceptors (Lipinski definition) is 6. The van der Waals surface area contributed by atoms with Gasteiger partial charge in [-0.25, -0.2) is 18.1 Å². The minimum Gasteiger partial charge on any atom is -0.383 e. The average Bonchev–Trinajstić information content (AvgIpc) is 3.14. The molecule has 1 heterocycles. The first-order valence-corrected chi connectivity index (χ1v) is 12.6. The third-order valence-electron chi connectivity index (χ3n) is 4.41. The summed E-state index contributed by atoms with van der Waals surface area (Å²) in [6, 6.07) is 13.2. The Bertz CT molecular complexity index is 1160. The molecule has 0 aliphatic heterocycles. The van der Waals surface area contributed by atoms with Crippen LogP contribution in [-0.4, -0.2) is 39.1 Å². The second-order valence-corrected chi connectivity index (χ2v) is 10.4. The van der Waals surface area contributed by atoms with E-state index in [1.165, 1.54) is 30.6 Å². The maximum atomic E-state index is 12.4. The zero-order valence-corrected chi connectivity index (χ0v) is 20.1. The van der Waals surface area contributed by atoms with Crippen molar-refractivity contribution in [3.8, 4) is 0 Å². The van der Waals surface area contributed by atoms with Crippen molar-refractivity contribution < 1.29 is 17.9 Å². The molecule has 170 valence electrons. The van der Waals surface area contributed by atoms with Gasteiger partial charge in [0.25, 0.3) is 0 Å². The second kappa shape index (κ2) is 11.0. The van der Waals surface area contributed by atoms with Crippen molar-refractivity contribution in [2.75, 3.05) is 19.0 Å². The number of thiazole rings is 1. The first kappa shape index (κ1) is 24.3. The van der Waals surface area contributed by atoms with Crippen LogP contribution in [0.15, 0.2) is 58.8 Å². The minimum atomic E-state index is -3.66. The van der Waals surface area contributed by atoms with Gasteiger partial charge in [-0.2, -0.15) is 0 Å². The number of carbonyl (C=O) groups is 1. The van der Waals surface area contributed by atoms with Crippen LogP contribution in [0.3, 0.4) is 0 Å². The van der Waals surface area contributed by atoms with E-state index in [0.29, 0.717) is 22.8 Å². The van der Waals surface area contributed by atoms with E-state index in [1.54, 1.807) is 19.1 Å². The number of aromatic nitrogens is 1. The summed E-state index contributed by atoms with van der Waals surface area (Å²) in [5, 5.41) is 6.21. The Morgan fingerprint density at radius 2 is 1.97 bits per heavy atom. The highest BCUT2D eigenvalue weighted by atomic mass is 35.5. The van der Waals surface area contributed by atoms with Gasteiger partial charge in [-0.15, -0.1) is 11.3 Å². The van der Waals surface area contributed by atoms with Crippen molar-refractivity contribution in [3.63, 3.8) is 0 Å². The Hall–Kier alpha value is -2.30. The molecular formula is C22H24ClN3O4S2. The lowest BCUT2D eigenvalue weighted by molar-refractivity contribution is -0.115. The van der Waals surface area contributed by atoms with E-state index in [2.05, 4.69) is 15.0 Å². The Morgan fingerprint density at radius 1 is 1.22 bits per heavy atom. The summed E-state index contributed by atoms with van der Waals surface area (Å²) in [6.45, 7) is 1.99. The summed E-state index contributed by atoms with van der Waals surface area (Å²) in [4.78, 5) is 17.0. The fraction of sp³-hybridized carbons (Fsp3) is 0.273. The standard InChI is InChI=1S/C22H24ClN3O4S2/c1-15(13-30-2)26-32(28,29)20-8-6-18(7-9-20)24-21(27)12-19-14-31-22(25-19)11-16-4-3-5-17(23)10-16/h3-10,14-15,26H,11-13H2,1-2H3,(H,24,27). The molecule has 1 amide bonds. The lowest BCUT2D eigenvalue weighted by Crippen LogP contribution is -2.35. The highest BCUT2D eigenvalue weighted by Crippen LogP contribution is 2.19. The lowest BCUT2D eigenvalue weighted by Gasteiger charge is -2.13. The van der Waals surface area contributed by atoms with Crippen molar-refractivity contribution in [3.05, 3.63) is 75.2 Å². The van der Waals surface area contributed by atoms with Crippen LogP contribution in [-0.2, 0) is 32.4 Å². The molecule has 0 radical (unpaired) electrons. The number of ether oxygens (including phenoxy) is 1.